The molecular weight excluding hydrogens is 239 g/mol. The van der Waals surface area contributed by atoms with Crippen molar-refractivity contribution in [1.29, 1.82) is 0 Å². The van der Waals surface area contributed by atoms with Gasteiger partial charge >= 0.3 is 0 Å². The number of nitrogen functional groups attached to an aromatic ring is 1. The molecule has 0 saturated carbocycles. The molecule has 0 aliphatic carbocycles. The second kappa shape index (κ2) is 4.97. The third-order valence-electron chi connectivity index (χ3n) is 2.24. The fraction of sp³-hybridized carbons (Fsp3) is 0.0833. The number of hydrogen-bond acceptors (Lipinski definition) is 3. The van der Waals surface area contributed by atoms with Crippen molar-refractivity contribution in [2.75, 3.05) is 5.73 Å². The Morgan fingerprint density at radius 2 is 2.24 bits per heavy atom. The van der Waals surface area contributed by atoms with Crippen molar-refractivity contribution in [3.8, 4) is 0 Å². The van der Waals surface area contributed by atoms with Crippen molar-refractivity contribution < 1.29 is 9.18 Å². The Balaban J connectivity index is 2.04. The van der Waals surface area contributed by atoms with Gasteiger partial charge < -0.3 is 11.1 Å². The van der Waals surface area contributed by atoms with Crippen LogP contribution in [0.5, 0.6) is 0 Å². The zero-order valence-electron chi connectivity index (χ0n) is 8.94. The van der Waals surface area contributed by atoms with Crippen molar-refractivity contribution in [3.05, 3.63) is 52.0 Å². The van der Waals surface area contributed by atoms with E-state index in [1.54, 1.807) is 0 Å². The maximum absolute atomic E-state index is 13.4. The lowest BCUT2D eigenvalue weighted by molar-refractivity contribution is 0.0947. The standard InChI is InChI=1S/C12H11FN2OS/c13-11-6-8(14)3-4-10(11)12(16)15-7-9-2-1-5-17-9/h1-6H,7,14H2,(H,15,16). The van der Waals surface area contributed by atoms with E-state index in [1.165, 1.54) is 23.5 Å². The van der Waals surface area contributed by atoms with E-state index in [0.29, 0.717) is 12.2 Å². The fourth-order valence-corrected chi connectivity index (χ4v) is 2.04. The summed E-state index contributed by atoms with van der Waals surface area (Å²) in [5.41, 5.74) is 5.72. The third-order valence-corrected chi connectivity index (χ3v) is 3.12. The van der Waals surface area contributed by atoms with Crippen LogP contribution in [0, 0.1) is 5.82 Å². The van der Waals surface area contributed by atoms with E-state index in [4.69, 9.17) is 5.73 Å². The topological polar surface area (TPSA) is 55.1 Å². The maximum Gasteiger partial charge on any atom is 0.254 e. The summed E-state index contributed by atoms with van der Waals surface area (Å²) >= 11 is 1.54. The molecule has 0 radical (unpaired) electrons. The largest absolute Gasteiger partial charge is 0.399 e. The zero-order chi connectivity index (χ0) is 12.3. The molecule has 0 fully saturated rings. The lowest BCUT2D eigenvalue weighted by atomic mass is 10.2. The molecule has 2 aromatic rings. The molecule has 1 aromatic heterocycles. The van der Waals surface area contributed by atoms with Crippen LogP contribution in [-0.2, 0) is 6.54 Å². The first-order valence-corrected chi connectivity index (χ1v) is 5.90. The van der Waals surface area contributed by atoms with Gasteiger partial charge in [-0.15, -0.1) is 11.3 Å². The number of benzene rings is 1. The molecule has 0 atom stereocenters. The van der Waals surface area contributed by atoms with Crippen LogP contribution in [-0.4, -0.2) is 5.91 Å². The molecule has 2 rings (SSSR count). The summed E-state index contributed by atoms with van der Waals surface area (Å²) in [6, 6.07) is 7.83. The summed E-state index contributed by atoms with van der Waals surface area (Å²) in [6.45, 7) is 0.403. The van der Waals surface area contributed by atoms with Gasteiger partial charge in [-0.05, 0) is 29.6 Å². The summed E-state index contributed by atoms with van der Waals surface area (Å²) < 4.78 is 13.4. The Morgan fingerprint density at radius 3 is 2.88 bits per heavy atom. The maximum atomic E-state index is 13.4. The lowest BCUT2D eigenvalue weighted by Gasteiger charge is -2.05. The predicted molar refractivity (Wildman–Crippen MR) is 66.3 cm³/mol. The molecule has 88 valence electrons. The van der Waals surface area contributed by atoms with Crippen LogP contribution >= 0.6 is 11.3 Å². The molecule has 3 nitrogen and oxygen atoms in total. The van der Waals surface area contributed by atoms with E-state index in [9.17, 15) is 9.18 Å². The van der Waals surface area contributed by atoms with Crippen molar-refractivity contribution in [2.24, 2.45) is 0 Å². The smallest absolute Gasteiger partial charge is 0.254 e. The van der Waals surface area contributed by atoms with E-state index in [0.717, 1.165) is 10.9 Å². The Hall–Kier alpha value is -1.88. The molecule has 17 heavy (non-hydrogen) atoms. The number of anilines is 1. The number of nitrogens with two attached hydrogens (primary N) is 1. The van der Waals surface area contributed by atoms with E-state index in [-0.39, 0.29) is 5.56 Å². The van der Waals surface area contributed by atoms with Gasteiger partial charge in [-0.1, -0.05) is 6.07 Å². The van der Waals surface area contributed by atoms with Gasteiger partial charge in [-0.2, -0.15) is 0 Å². The highest BCUT2D eigenvalue weighted by molar-refractivity contribution is 7.09. The Labute approximate surface area is 102 Å². The molecular formula is C12H11FN2OS. The monoisotopic (exact) mass is 250 g/mol. The Kier molecular flexibility index (Phi) is 3.39. The molecule has 1 amide bonds. The number of carbonyl (C=O) groups is 1. The van der Waals surface area contributed by atoms with Gasteiger partial charge in [-0.3, -0.25) is 4.79 Å². The molecule has 0 saturated heterocycles. The molecule has 0 aliphatic heterocycles. The first-order chi connectivity index (χ1) is 8.16. The van der Waals surface area contributed by atoms with E-state index in [1.807, 2.05) is 17.5 Å². The van der Waals surface area contributed by atoms with Gasteiger partial charge in [0, 0.05) is 10.6 Å². The first kappa shape index (κ1) is 11.6. The van der Waals surface area contributed by atoms with Crippen LogP contribution in [0.4, 0.5) is 10.1 Å². The van der Waals surface area contributed by atoms with Gasteiger partial charge in [0.1, 0.15) is 5.82 Å². The number of hydrogen-bond donors (Lipinski definition) is 2. The van der Waals surface area contributed by atoms with Gasteiger partial charge in [0.05, 0.1) is 12.1 Å². The highest BCUT2D eigenvalue weighted by Crippen LogP contribution is 2.12. The molecule has 1 aromatic carbocycles. The average molecular weight is 250 g/mol. The summed E-state index contributed by atoms with van der Waals surface area (Å²) in [6.07, 6.45) is 0. The van der Waals surface area contributed by atoms with E-state index in [2.05, 4.69) is 5.32 Å². The molecule has 0 aliphatic rings. The Morgan fingerprint density at radius 1 is 1.41 bits per heavy atom. The minimum Gasteiger partial charge on any atom is -0.399 e. The number of carbonyl (C=O) groups excluding carboxylic acids is 1. The predicted octanol–water partition coefficient (Wildman–Crippen LogP) is 2.40. The first-order valence-electron chi connectivity index (χ1n) is 5.02. The van der Waals surface area contributed by atoms with Crippen molar-refractivity contribution in [2.45, 2.75) is 6.54 Å². The van der Waals surface area contributed by atoms with Crippen molar-refractivity contribution >= 4 is 22.9 Å². The molecule has 0 spiro atoms. The van der Waals surface area contributed by atoms with Crippen LogP contribution in [0.3, 0.4) is 0 Å². The van der Waals surface area contributed by atoms with Crippen molar-refractivity contribution in [3.63, 3.8) is 0 Å². The lowest BCUT2D eigenvalue weighted by Crippen LogP contribution is -2.23. The number of rotatable bonds is 3. The van der Waals surface area contributed by atoms with Crippen LogP contribution in [0.25, 0.3) is 0 Å². The van der Waals surface area contributed by atoms with E-state index >= 15 is 0 Å². The fourth-order valence-electron chi connectivity index (χ4n) is 1.39. The van der Waals surface area contributed by atoms with E-state index < -0.39 is 11.7 Å². The summed E-state index contributed by atoms with van der Waals surface area (Å²) in [4.78, 5) is 12.7. The normalized spacial score (nSPS) is 10.2. The van der Waals surface area contributed by atoms with Crippen molar-refractivity contribution in [1.82, 2.24) is 5.32 Å². The van der Waals surface area contributed by atoms with Crippen LogP contribution in [0.15, 0.2) is 35.7 Å². The van der Waals surface area contributed by atoms with Crippen LogP contribution < -0.4 is 11.1 Å². The van der Waals surface area contributed by atoms with Gasteiger partial charge in [0.15, 0.2) is 0 Å². The summed E-state index contributed by atoms with van der Waals surface area (Å²) in [5, 5.41) is 4.57. The summed E-state index contributed by atoms with van der Waals surface area (Å²) in [5.74, 6) is -1.04. The number of nitrogens with one attached hydrogen (secondary N) is 1. The number of amides is 1. The van der Waals surface area contributed by atoms with Crippen LogP contribution in [0.2, 0.25) is 0 Å². The second-order valence-corrected chi connectivity index (χ2v) is 4.53. The Bertz CT molecular complexity index is 525. The number of halogens is 1. The molecule has 0 unspecified atom stereocenters. The summed E-state index contributed by atoms with van der Waals surface area (Å²) in [7, 11) is 0. The minimum atomic E-state index is -0.603. The number of thiophene rings is 1. The second-order valence-electron chi connectivity index (χ2n) is 3.50. The SMILES string of the molecule is Nc1ccc(C(=O)NCc2cccs2)c(F)c1. The molecule has 3 N–H and O–H groups in total. The molecule has 1 heterocycles. The van der Waals surface area contributed by atoms with Gasteiger partial charge in [0.25, 0.3) is 5.91 Å². The van der Waals surface area contributed by atoms with Gasteiger partial charge in [-0.25, -0.2) is 4.39 Å². The quantitative estimate of drug-likeness (QED) is 0.822. The molecule has 0 bridgehead atoms. The minimum absolute atomic E-state index is 0.00996. The molecule has 5 heteroatoms. The highest BCUT2D eigenvalue weighted by Gasteiger charge is 2.11. The highest BCUT2D eigenvalue weighted by atomic mass is 32.1. The zero-order valence-corrected chi connectivity index (χ0v) is 9.76. The van der Waals surface area contributed by atoms with Gasteiger partial charge in [0.2, 0.25) is 0 Å². The van der Waals surface area contributed by atoms with Crippen LogP contribution in [0.1, 0.15) is 15.2 Å². The average Bonchev–Trinajstić information content (AvgIpc) is 2.78. The third kappa shape index (κ3) is 2.82.